The van der Waals surface area contributed by atoms with E-state index in [9.17, 15) is 14.9 Å². The molecule has 0 radical (unpaired) electrons. The first-order chi connectivity index (χ1) is 9.93. The van der Waals surface area contributed by atoms with Gasteiger partial charge in [0.15, 0.2) is 5.75 Å². The van der Waals surface area contributed by atoms with Gasteiger partial charge < -0.3 is 9.84 Å². The third kappa shape index (κ3) is 2.83. The van der Waals surface area contributed by atoms with E-state index >= 15 is 0 Å². The number of carboxylic acid groups (broad SMARTS) is 1. The molecule has 0 unspecified atom stereocenters. The second kappa shape index (κ2) is 5.61. The number of nitro groups is 1. The van der Waals surface area contributed by atoms with E-state index in [0.717, 1.165) is 0 Å². The van der Waals surface area contributed by atoms with Crippen LogP contribution in [-0.4, -0.2) is 32.4 Å². The Labute approximate surface area is 119 Å². The highest BCUT2D eigenvalue weighted by atomic mass is 16.6. The fraction of sp³-hybridized carbons (Fsp3) is 0.231. The van der Waals surface area contributed by atoms with Crippen LogP contribution in [0.15, 0.2) is 24.3 Å². The number of hydrogen-bond donors (Lipinski definition) is 1. The average molecular weight is 291 g/mol. The molecule has 21 heavy (non-hydrogen) atoms. The van der Waals surface area contributed by atoms with Gasteiger partial charge in [0.2, 0.25) is 0 Å². The van der Waals surface area contributed by atoms with Gasteiger partial charge in [-0.2, -0.15) is 5.10 Å². The molecule has 1 aromatic carbocycles. The number of carboxylic acids is 1. The van der Waals surface area contributed by atoms with E-state index in [2.05, 4.69) is 5.10 Å². The molecule has 1 N–H and O–H groups in total. The summed E-state index contributed by atoms with van der Waals surface area (Å²) in [5, 5.41) is 24.1. The number of nitro benzene ring substituents is 1. The van der Waals surface area contributed by atoms with Crippen LogP contribution in [0.2, 0.25) is 0 Å². The Hall–Kier alpha value is -2.90. The first-order valence-electron chi connectivity index (χ1n) is 6.13. The minimum absolute atomic E-state index is 0.00142. The van der Waals surface area contributed by atoms with Crippen LogP contribution < -0.4 is 4.74 Å². The maximum atomic E-state index is 11.1. The summed E-state index contributed by atoms with van der Waals surface area (Å²) >= 11 is 0. The molecular weight excluding hydrogens is 278 g/mol. The van der Waals surface area contributed by atoms with Gasteiger partial charge in [0, 0.05) is 18.7 Å². The minimum atomic E-state index is -1.11. The van der Waals surface area contributed by atoms with Gasteiger partial charge in [-0.3, -0.25) is 14.8 Å². The molecule has 0 aliphatic rings. The highest BCUT2D eigenvalue weighted by Crippen LogP contribution is 2.32. The Bertz CT molecular complexity index is 708. The van der Waals surface area contributed by atoms with Gasteiger partial charge in [0.1, 0.15) is 5.69 Å². The van der Waals surface area contributed by atoms with E-state index in [-0.39, 0.29) is 17.1 Å². The first-order valence-corrected chi connectivity index (χ1v) is 6.13. The van der Waals surface area contributed by atoms with Crippen molar-refractivity contribution < 1.29 is 19.6 Å². The Balaban J connectivity index is 2.50. The van der Waals surface area contributed by atoms with Crippen molar-refractivity contribution in [2.75, 3.05) is 6.61 Å². The Morgan fingerprint density at radius 3 is 2.71 bits per heavy atom. The molecular formula is C13H13N3O5. The number of benzene rings is 1. The molecule has 0 fully saturated rings. The maximum absolute atomic E-state index is 11.1. The molecule has 0 aliphatic carbocycles. The smallest absolute Gasteiger partial charge is 0.354 e. The number of nitrogens with zero attached hydrogens (tertiary/aromatic N) is 3. The summed E-state index contributed by atoms with van der Waals surface area (Å²) in [6, 6.07) is 5.76. The lowest BCUT2D eigenvalue weighted by Crippen LogP contribution is -2.04. The standard InChI is InChI=1S/C13H13N3O5/c1-3-21-12-5-4-8(6-10(12)16(19)20)9-7-11(13(17)18)15(2)14-9/h4-7H,3H2,1-2H3,(H,17,18). The molecule has 2 rings (SSSR count). The number of rotatable bonds is 5. The van der Waals surface area contributed by atoms with Crippen LogP contribution in [0.4, 0.5) is 5.69 Å². The Kier molecular flexibility index (Phi) is 3.88. The largest absolute Gasteiger partial charge is 0.487 e. The molecule has 0 aliphatic heterocycles. The summed E-state index contributed by atoms with van der Waals surface area (Å²) < 4.78 is 6.40. The van der Waals surface area contributed by atoms with E-state index in [4.69, 9.17) is 9.84 Å². The van der Waals surface area contributed by atoms with E-state index < -0.39 is 10.9 Å². The van der Waals surface area contributed by atoms with Crippen LogP contribution in [0.25, 0.3) is 11.3 Å². The summed E-state index contributed by atoms with van der Waals surface area (Å²) in [5.41, 5.74) is 0.618. The quantitative estimate of drug-likeness (QED) is 0.667. The van der Waals surface area contributed by atoms with E-state index in [1.165, 1.54) is 29.9 Å². The van der Waals surface area contributed by atoms with E-state index in [1.807, 2.05) is 0 Å². The summed E-state index contributed by atoms with van der Waals surface area (Å²) in [6.45, 7) is 2.04. The van der Waals surface area contributed by atoms with Crippen molar-refractivity contribution in [1.29, 1.82) is 0 Å². The minimum Gasteiger partial charge on any atom is -0.487 e. The molecule has 0 atom stereocenters. The zero-order valence-electron chi connectivity index (χ0n) is 11.4. The van der Waals surface area contributed by atoms with Crippen molar-refractivity contribution in [2.45, 2.75) is 6.92 Å². The normalized spacial score (nSPS) is 10.4. The van der Waals surface area contributed by atoms with Gasteiger partial charge in [-0.05, 0) is 25.1 Å². The number of aryl methyl sites for hydroxylation is 1. The predicted molar refractivity (Wildman–Crippen MR) is 73.4 cm³/mol. The van der Waals surface area contributed by atoms with Gasteiger partial charge in [-0.25, -0.2) is 4.79 Å². The van der Waals surface area contributed by atoms with E-state index in [0.29, 0.717) is 17.9 Å². The zero-order valence-corrected chi connectivity index (χ0v) is 11.4. The third-order valence-electron chi connectivity index (χ3n) is 2.85. The second-order valence-corrected chi connectivity index (χ2v) is 4.22. The lowest BCUT2D eigenvalue weighted by atomic mass is 10.1. The topological polar surface area (TPSA) is 107 Å². The van der Waals surface area contributed by atoms with Crippen molar-refractivity contribution in [3.8, 4) is 17.0 Å². The lowest BCUT2D eigenvalue weighted by Gasteiger charge is -2.05. The Morgan fingerprint density at radius 1 is 1.48 bits per heavy atom. The maximum Gasteiger partial charge on any atom is 0.354 e. The van der Waals surface area contributed by atoms with Gasteiger partial charge in [0.25, 0.3) is 0 Å². The summed E-state index contributed by atoms with van der Waals surface area (Å²) in [5.74, 6) is -0.947. The van der Waals surface area contributed by atoms with Crippen LogP contribution in [-0.2, 0) is 7.05 Å². The predicted octanol–water partition coefficient (Wildman–Crippen LogP) is 2.09. The van der Waals surface area contributed by atoms with E-state index in [1.54, 1.807) is 13.0 Å². The molecule has 2 aromatic rings. The summed E-state index contributed by atoms with van der Waals surface area (Å²) in [4.78, 5) is 21.5. The number of aromatic carboxylic acids is 1. The monoisotopic (exact) mass is 291 g/mol. The first kappa shape index (κ1) is 14.5. The number of aromatic nitrogens is 2. The molecule has 8 heteroatoms. The average Bonchev–Trinajstić information content (AvgIpc) is 2.81. The molecule has 1 heterocycles. The highest BCUT2D eigenvalue weighted by molar-refractivity contribution is 5.87. The highest BCUT2D eigenvalue weighted by Gasteiger charge is 2.19. The number of hydrogen-bond acceptors (Lipinski definition) is 5. The van der Waals surface area contributed by atoms with Gasteiger partial charge in [-0.15, -0.1) is 0 Å². The molecule has 0 spiro atoms. The van der Waals surface area contributed by atoms with Crippen molar-refractivity contribution in [3.63, 3.8) is 0 Å². The van der Waals surface area contributed by atoms with Gasteiger partial charge >= 0.3 is 11.7 Å². The Morgan fingerprint density at radius 2 is 2.19 bits per heavy atom. The van der Waals surface area contributed by atoms with Crippen LogP contribution >= 0.6 is 0 Å². The molecule has 0 amide bonds. The molecule has 1 aromatic heterocycles. The van der Waals surface area contributed by atoms with Crippen LogP contribution in [0, 0.1) is 10.1 Å². The zero-order chi connectivity index (χ0) is 15.6. The third-order valence-corrected chi connectivity index (χ3v) is 2.85. The van der Waals surface area contributed by atoms with Crippen LogP contribution in [0.3, 0.4) is 0 Å². The number of carbonyl (C=O) groups is 1. The SMILES string of the molecule is CCOc1ccc(-c2cc(C(=O)O)n(C)n2)cc1[N+](=O)[O-]. The van der Waals surface area contributed by atoms with Crippen molar-refractivity contribution in [1.82, 2.24) is 9.78 Å². The van der Waals surface area contributed by atoms with Crippen molar-refractivity contribution in [3.05, 3.63) is 40.1 Å². The van der Waals surface area contributed by atoms with Crippen molar-refractivity contribution >= 4 is 11.7 Å². The number of ether oxygens (including phenoxy) is 1. The fourth-order valence-electron chi connectivity index (χ4n) is 1.91. The summed E-state index contributed by atoms with van der Waals surface area (Å²) in [7, 11) is 1.50. The molecule has 110 valence electrons. The van der Waals surface area contributed by atoms with Crippen LogP contribution in [0.5, 0.6) is 5.75 Å². The van der Waals surface area contributed by atoms with Gasteiger partial charge in [-0.1, -0.05) is 0 Å². The molecule has 0 saturated carbocycles. The lowest BCUT2D eigenvalue weighted by molar-refractivity contribution is -0.385. The van der Waals surface area contributed by atoms with Crippen LogP contribution in [0.1, 0.15) is 17.4 Å². The van der Waals surface area contributed by atoms with Crippen molar-refractivity contribution in [2.24, 2.45) is 7.05 Å². The molecule has 8 nitrogen and oxygen atoms in total. The van der Waals surface area contributed by atoms with Gasteiger partial charge in [0.05, 0.1) is 17.2 Å². The molecule has 0 saturated heterocycles. The molecule has 0 bridgehead atoms. The second-order valence-electron chi connectivity index (χ2n) is 4.22. The summed E-state index contributed by atoms with van der Waals surface area (Å²) in [6.07, 6.45) is 0. The fourth-order valence-corrected chi connectivity index (χ4v) is 1.91.